The molecule has 7 heteroatoms. The third-order valence-electron chi connectivity index (χ3n) is 4.69. The lowest BCUT2D eigenvalue weighted by Crippen LogP contribution is -2.39. The Morgan fingerprint density at radius 2 is 2.23 bits per heavy atom. The molecule has 2 aromatic heterocycles. The minimum Gasteiger partial charge on any atom is -0.496 e. The molecular formula is C19H20N4O2S. The number of thiazole rings is 1. The van der Waals surface area contributed by atoms with Crippen LogP contribution < -0.4 is 4.74 Å². The second kappa shape index (κ2) is 7.29. The van der Waals surface area contributed by atoms with Gasteiger partial charge in [-0.1, -0.05) is 12.1 Å². The van der Waals surface area contributed by atoms with E-state index in [1.54, 1.807) is 30.7 Å². The molecule has 1 amide bonds. The molecule has 3 heterocycles. The third-order valence-corrected chi connectivity index (χ3v) is 5.70. The molecule has 1 atom stereocenters. The number of rotatable bonds is 4. The number of carbonyl (C=O) groups is 1. The largest absolute Gasteiger partial charge is 0.496 e. The molecule has 26 heavy (non-hydrogen) atoms. The van der Waals surface area contributed by atoms with Gasteiger partial charge in [0.2, 0.25) is 0 Å². The molecule has 0 aliphatic carbocycles. The number of hydrogen-bond acceptors (Lipinski definition) is 5. The normalized spacial score (nSPS) is 17.3. The quantitative estimate of drug-likeness (QED) is 0.764. The SMILES string of the molecule is COc1ccccc1-c1csc([C@H]2CCCN(C(=O)c3ccn[nH]3)C2)n1. The predicted octanol–water partition coefficient (Wildman–Crippen LogP) is 3.56. The van der Waals surface area contributed by atoms with Crippen LogP contribution in [0.4, 0.5) is 0 Å². The first-order valence-electron chi connectivity index (χ1n) is 8.63. The van der Waals surface area contributed by atoms with Gasteiger partial charge in [-0.15, -0.1) is 11.3 Å². The maximum atomic E-state index is 12.6. The molecule has 6 nitrogen and oxygen atoms in total. The first kappa shape index (κ1) is 16.8. The molecule has 0 saturated carbocycles. The summed E-state index contributed by atoms with van der Waals surface area (Å²) in [4.78, 5) is 19.3. The molecule has 1 aliphatic heterocycles. The number of nitrogens with zero attached hydrogens (tertiary/aromatic N) is 3. The van der Waals surface area contributed by atoms with Crippen molar-refractivity contribution in [1.29, 1.82) is 0 Å². The molecule has 1 saturated heterocycles. The standard InChI is InChI=1S/C19H20N4O2S/c1-25-17-7-3-2-6-14(17)16-12-26-18(21-16)13-5-4-10-23(11-13)19(24)15-8-9-20-22-15/h2-3,6-9,12-13H,4-5,10-11H2,1H3,(H,20,22)/t13-/m0/s1. The lowest BCUT2D eigenvalue weighted by Gasteiger charge is -2.31. The van der Waals surface area contributed by atoms with E-state index < -0.39 is 0 Å². The van der Waals surface area contributed by atoms with Gasteiger partial charge in [-0.2, -0.15) is 5.10 Å². The van der Waals surface area contributed by atoms with E-state index in [4.69, 9.17) is 9.72 Å². The van der Waals surface area contributed by atoms with Gasteiger partial charge in [0.1, 0.15) is 11.4 Å². The minimum atomic E-state index is 0.00806. The fourth-order valence-corrected chi connectivity index (χ4v) is 4.31. The summed E-state index contributed by atoms with van der Waals surface area (Å²) < 4.78 is 5.45. The van der Waals surface area contributed by atoms with E-state index in [9.17, 15) is 4.79 Å². The van der Waals surface area contributed by atoms with E-state index in [-0.39, 0.29) is 11.8 Å². The van der Waals surface area contributed by atoms with Crippen LogP contribution in [0.1, 0.15) is 34.3 Å². The summed E-state index contributed by atoms with van der Waals surface area (Å²) in [5.41, 5.74) is 2.47. The molecule has 1 fully saturated rings. The number of ether oxygens (including phenoxy) is 1. The summed E-state index contributed by atoms with van der Waals surface area (Å²) >= 11 is 1.66. The molecule has 0 radical (unpaired) electrons. The van der Waals surface area contributed by atoms with Gasteiger partial charge in [-0.3, -0.25) is 9.89 Å². The Labute approximate surface area is 155 Å². The number of amides is 1. The molecule has 0 unspecified atom stereocenters. The smallest absolute Gasteiger partial charge is 0.271 e. The van der Waals surface area contributed by atoms with Gasteiger partial charge in [0.15, 0.2) is 0 Å². The summed E-state index contributed by atoms with van der Waals surface area (Å²) in [6.07, 6.45) is 3.63. The lowest BCUT2D eigenvalue weighted by atomic mass is 9.98. The average Bonchev–Trinajstić information content (AvgIpc) is 3.39. The highest BCUT2D eigenvalue weighted by molar-refractivity contribution is 7.10. The molecule has 4 rings (SSSR count). The molecule has 0 spiro atoms. The summed E-state index contributed by atoms with van der Waals surface area (Å²) in [5.74, 6) is 1.10. The number of para-hydroxylation sites is 1. The fraction of sp³-hybridized carbons (Fsp3) is 0.316. The van der Waals surface area contributed by atoms with Crippen LogP contribution in [0.25, 0.3) is 11.3 Å². The van der Waals surface area contributed by atoms with E-state index in [1.807, 2.05) is 29.2 Å². The number of aromatic amines is 1. The van der Waals surface area contributed by atoms with Gasteiger partial charge in [0.25, 0.3) is 5.91 Å². The highest BCUT2D eigenvalue weighted by Gasteiger charge is 2.28. The van der Waals surface area contributed by atoms with Crippen LogP contribution in [0.5, 0.6) is 5.75 Å². The van der Waals surface area contributed by atoms with Crippen molar-refractivity contribution in [1.82, 2.24) is 20.1 Å². The highest BCUT2D eigenvalue weighted by atomic mass is 32.1. The van der Waals surface area contributed by atoms with Gasteiger partial charge in [-0.05, 0) is 31.0 Å². The Kier molecular flexibility index (Phi) is 4.71. The van der Waals surface area contributed by atoms with E-state index in [0.29, 0.717) is 12.2 Å². The van der Waals surface area contributed by atoms with Crippen LogP contribution in [0, 0.1) is 0 Å². The molecular weight excluding hydrogens is 348 g/mol. The maximum absolute atomic E-state index is 12.6. The number of methoxy groups -OCH3 is 1. The van der Waals surface area contributed by atoms with Crippen LogP contribution in [-0.4, -0.2) is 46.2 Å². The number of likely N-dealkylation sites (tertiary alicyclic amines) is 1. The van der Waals surface area contributed by atoms with E-state index in [2.05, 4.69) is 15.6 Å². The Bertz CT molecular complexity index is 891. The highest BCUT2D eigenvalue weighted by Crippen LogP contribution is 2.35. The minimum absolute atomic E-state index is 0.00806. The molecule has 1 N–H and O–H groups in total. The number of aromatic nitrogens is 3. The summed E-state index contributed by atoms with van der Waals surface area (Å²) in [6.45, 7) is 1.47. The second-order valence-corrected chi connectivity index (χ2v) is 7.22. The van der Waals surface area contributed by atoms with Crippen LogP contribution in [0.15, 0.2) is 41.9 Å². The van der Waals surface area contributed by atoms with Crippen molar-refractivity contribution in [3.8, 4) is 17.0 Å². The number of H-pyrrole nitrogens is 1. The van der Waals surface area contributed by atoms with E-state index in [1.165, 1.54) is 0 Å². The van der Waals surface area contributed by atoms with E-state index in [0.717, 1.165) is 41.4 Å². The Morgan fingerprint density at radius 1 is 1.35 bits per heavy atom. The summed E-state index contributed by atoms with van der Waals surface area (Å²) in [5, 5.41) is 9.78. The fourth-order valence-electron chi connectivity index (χ4n) is 3.36. The number of carbonyl (C=O) groups excluding carboxylic acids is 1. The zero-order chi connectivity index (χ0) is 17.9. The third kappa shape index (κ3) is 3.22. The molecule has 3 aromatic rings. The van der Waals surface area contributed by atoms with Crippen LogP contribution in [0.2, 0.25) is 0 Å². The average molecular weight is 368 g/mol. The van der Waals surface area contributed by atoms with Gasteiger partial charge in [0, 0.05) is 36.1 Å². The molecule has 0 bridgehead atoms. The molecule has 134 valence electrons. The topological polar surface area (TPSA) is 71.1 Å². The van der Waals surface area contributed by atoms with Crippen LogP contribution in [-0.2, 0) is 0 Å². The van der Waals surface area contributed by atoms with Gasteiger partial charge in [0.05, 0.1) is 17.8 Å². The second-order valence-electron chi connectivity index (χ2n) is 6.33. The summed E-state index contributed by atoms with van der Waals surface area (Å²) in [6, 6.07) is 9.62. The molecule has 1 aromatic carbocycles. The van der Waals surface area contributed by atoms with Gasteiger partial charge >= 0.3 is 0 Å². The van der Waals surface area contributed by atoms with Gasteiger partial charge < -0.3 is 9.64 Å². The van der Waals surface area contributed by atoms with Crippen molar-refractivity contribution in [2.45, 2.75) is 18.8 Å². The Morgan fingerprint density at radius 3 is 3.04 bits per heavy atom. The van der Waals surface area contributed by atoms with Gasteiger partial charge in [-0.25, -0.2) is 4.98 Å². The molecule has 1 aliphatic rings. The maximum Gasteiger partial charge on any atom is 0.271 e. The van der Waals surface area contributed by atoms with E-state index >= 15 is 0 Å². The van der Waals surface area contributed by atoms with Crippen LogP contribution in [0.3, 0.4) is 0 Å². The number of benzene rings is 1. The van der Waals surface area contributed by atoms with Crippen LogP contribution >= 0.6 is 11.3 Å². The van der Waals surface area contributed by atoms with Crippen molar-refractivity contribution >= 4 is 17.2 Å². The van der Waals surface area contributed by atoms with Crippen molar-refractivity contribution in [3.63, 3.8) is 0 Å². The Hall–Kier alpha value is -2.67. The zero-order valence-electron chi connectivity index (χ0n) is 14.5. The first-order chi connectivity index (χ1) is 12.8. The van der Waals surface area contributed by atoms with Crippen molar-refractivity contribution in [2.24, 2.45) is 0 Å². The van der Waals surface area contributed by atoms with Crippen molar-refractivity contribution < 1.29 is 9.53 Å². The number of nitrogens with one attached hydrogen (secondary N) is 1. The predicted molar refractivity (Wildman–Crippen MR) is 101 cm³/mol. The Balaban J connectivity index is 1.53. The lowest BCUT2D eigenvalue weighted by molar-refractivity contribution is 0.0701. The number of piperidine rings is 1. The van der Waals surface area contributed by atoms with Crippen molar-refractivity contribution in [2.75, 3.05) is 20.2 Å². The summed E-state index contributed by atoms with van der Waals surface area (Å²) in [7, 11) is 1.67. The monoisotopic (exact) mass is 368 g/mol. The zero-order valence-corrected chi connectivity index (χ0v) is 15.3. The number of hydrogen-bond donors (Lipinski definition) is 1. The van der Waals surface area contributed by atoms with Crippen molar-refractivity contribution in [3.05, 3.63) is 52.6 Å². The first-order valence-corrected chi connectivity index (χ1v) is 9.51.